The first kappa shape index (κ1) is 13.2. The summed E-state index contributed by atoms with van der Waals surface area (Å²) in [4.78, 5) is 0. The highest BCUT2D eigenvalue weighted by molar-refractivity contribution is 7.85. The maximum atomic E-state index is 12.5. The number of hydrogen-bond acceptors (Lipinski definition) is 3. The lowest BCUT2D eigenvalue weighted by molar-refractivity contribution is 0.324. The Morgan fingerprint density at radius 3 is 2.44 bits per heavy atom. The van der Waals surface area contributed by atoms with Crippen LogP contribution in [0.25, 0.3) is 0 Å². The highest BCUT2D eigenvalue weighted by atomic mass is 32.3. The highest BCUT2D eigenvalue weighted by Crippen LogP contribution is 2.18. The molecule has 6 heteroatoms. The van der Waals surface area contributed by atoms with Crippen LogP contribution in [0.5, 0.6) is 0 Å². The molecule has 4 nitrogen and oxygen atoms in total. The fourth-order valence-corrected chi connectivity index (χ4v) is 2.11. The lowest BCUT2D eigenvalue weighted by Gasteiger charge is -2.17. The molecule has 1 aromatic rings. The van der Waals surface area contributed by atoms with Crippen molar-refractivity contribution in [1.29, 1.82) is 0 Å². The van der Waals surface area contributed by atoms with Crippen LogP contribution in [0.3, 0.4) is 0 Å². The topological polar surface area (TPSA) is 52.0 Å². The van der Waals surface area contributed by atoms with Gasteiger partial charge in [0.25, 0.3) is 0 Å². The standard InChI is InChI=1S/C10H17FN2O2S/c1-8-9(6-16(11,14)15)5-13(12-8)7-10(2,3)4/h5H,6-7H2,1-4H3. The van der Waals surface area contributed by atoms with Gasteiger partial charge in [-0.2, -0.15) is 13.5 Å². The van der Waals surface area contributed by atoms with Crippen LogP contribution in [-0.4, -0.2) is 18.2 Å². The van der Waals surface area contributed by atoms with Gasteiger partial charge in [0, 0.05) is 18.3 Å². The summed E-state index contributed by atoms with van der Waals surface area (Å²) in [6.45, 7) is 8.50. The van der Waals surface area contributed by atoms with E-state index < -0.39 is 16.0 Å². The summed E-state index contributed by atoms with van der Waals surface area (Å²) in [5.41, 5.74) is 1.03. The normalized spacial score (nSPS) is 13.1. The van der Waals surface area contributed by atoms with Crippen LogP contribution in [0.4, 0.5) is 3.89 Å². The molecule has 0 aliphatic heterocycles. The summed E-state index contributed by atoms with van der Waals surface area (Å²) in [7, 11) is -4.48. The number of nitrogens with zero attached hydrogens (tertiary/aromatic N) is 2. The SMILES string of the molecule is Cc1nn(CC(C)(C)C)cc1CS(=O)(=O)F. The monoisotopic (exact) mass is 248 g/mol. The predicted molar refractivity (Wildman–Crippen MR) is 60.2 cm³/mol. The van der Waals surface area contributed by atoms with Gasteiger partial charge >= 0.3 is 10.2 Å². The van der Waals surface area contributed by atoms with Gasteiger partial charge in [0.05, 0.1) is 5.69 Å². The zero-order chi connectivity index (χ0) is 12.6. The Balaban J connectivity index is 2.91. The molecular formula is C10H17FN2O2S. The van der Waals surface area contributed by atoms with Gasteiger partial charge in [-0.1, -0.05) is 20.8 Å². The molecule has 1 aromatic heterocycles. The second-order valence-electron chi connectivity index (χ2n) is 5.18. The van der Waals surface area contributed by atoms with E-state index in [0.29, 0.717) is 17.8 Å². The van der Waals surface area contributed by atoms with E-state index in [9.17, 15) is 12.3 Å². The Morgan fingerprint density at radius 1 is 1.44 bits per heavy atom. The van der Waals surface area contributed by atoms with Crippen molar-refractivity contribution >= 4 is 10.2 Å². The van der Waals surface area contributed by atoms with Crippen molar-refractivity contribution in [3.63, 3.8) is 0 Å². The fraction of sp³-hybridized carbons (Fsp3) is 0.700. The van der Waals surface area contributed by atoms with Crippen LogP contribution >= 0.6 is 0 Å². The minimum atomic E-state index is -4.48. The van der Waals surface area contributed by atoms with Gasteiger partial charge in [-0.05, 0) is 12.3 Å². The molecule has 0 unspecified atom stereocenters. The van der Waals surface area contributed by atoms with E-state index in [-0.39, 0.29) is 5.41 Å². The van der Waals surface area contributed by atoms with Crippen LogP contribution in [0, 0.1) is 12.3 Å². The molecule has 92 valence electrons. The Bertz CT molecular complexity index is 471. The van der Waals surface area contributed by atoms with Crippen molar-refractivity contribution < 1.29 is 12.3 Å². The first-order chi connectivity index (χ1) is 7.07. The van der Waals surface area contributed by atoms with Crippen molar-refractivity contribution in [3.05, 3.63) is 17.5 Å². The molecule has 0 saturated heterocycles. The zero-order valence-corrected chi connectivity index (χ0v) is 10.8. The van der Waals surface area contributed by atoms with E-state index in [0.717, 1.165) is 0 Å². The van der Waals surface area contributed by atoms with Gasteiger partial charge in [-0.25, -0.2) is 0 Å². The molecule has 16 heavy (non-hydrogen) atoms. The van der Waals surface area contributed by atoms with Gasteiger partial charge < -0.3 is 0 Å². The summed E-state index contributed by atoms with van der Waals surface area (Å²) in [6.07, 6.45) is 1.59. The number of aryl methyl sites for hydroxylation is 1. The molecule has 1 heterocycles. The molecule has 0 spiro atoms. The summed E-state index contributed by atoms with van der Waals surface area (Å²) in [5.74, 6) is -0.594. The number of halogens is 1. The van der Waals surface area contributed by atoms with Crippen LogP contribution in [0.2, 0.25) is 0 Å². The molecule has 0 fully saturated rings. The van der Waals surface area contributed by atoms with Gasteiger partial charge in [-0.15, -0.1) is 3.89 Å². The lowest BCUT2D eigenvalue weighted by Crippen LogP contribution is -2.15. The molecule has 0 atom stereocenters. The molecular weight excluding hydrogens is 231 g/mol. The van der Waals surface area contributed by atoms with E-state index in [1.807, 2.05) is 0 Å². The maximum absolute atomic E-state index is 12.5. The number of hydrogen-bond donors (Lipinski definition) is 0. The highest BCUT2D eigenvalue weighted by Gasteiger charge is 2.17. The summed E-state index contributed by atoms with van der Waals surface area (Å²) in [5, 5.41) is 4.17. The second kappa shape index (κ2) is 4.16. The molecule has 0 radical (unpaired) electrons. The van der Waals surface area contributed by atoms with Crippen molar-refractivity contribution in [2.75, 3.05) is 0 Å². The zero-order valence-electron chi connectivity index (χ0n) is 9.99. The lowest BCUT2D eigenvalue weighted by atomic mass is 9.97. The first-order valence-electron chi connectivity index (χ1n) is 5.02. The Labute approximate surface area is 95.7 Å². The van der Waals surface area contributed by atoms with Crippen LogP contribution in [0.15, 0.2) is 6.20 Å². The molecule has 0 bridgehead atoms. The molecule has 0 aromatic carbocycles. The van der Waals surface area contributed by atoms with E-state index >= 15 is 0 Å². The Hall–Kier alpha value is -0.910. The van der Waals surface area contributed by atoms with Crippen molar-refractivity contribution in [3.8, 4) is 0 Å². The van der Waals surface area contributed by atoms with Crippen molar-refractivity contribution in [2.45, 2.75) is 40.0 Å². The minimum Gasteiger partial charge on any atom is -0.272 e. The third-order valence-electron chi connectivity index (χ3n) is 2.01. The number of rotatable bonds is 3. The van der Waals surface area contributed by atoms with Gasteiger partial charge in [0.1, 0.15) is 5.75 Å². The molecule has 0 N–H and O–H groups in total. The fourth-order valence-electron chi connectivity index (χ4n) is 1.45. The Morgan fingerprint density at radius 2 is 2.00 bits per heavy atom. The quantitative estimate of drug-likeness (QED) is 0.769. The van der Waals surface area contributed by atoms with E-state index in [2.05, 4.69) is 25.9 Å². The maximum Gasteiger partial charge on any atom is 0.306 e. The predicted octanol–water partition coefficient (Wildman–Crippen LogP) is 2.04. The average molecular weight is 248 g/mol. The summed E-state index contributed by atoms with van der Waals surface area (Å²) < 4.78 is 35.3. The van der Waals surface area contributed by atoms with Crippen molar-refractivity contribution in [2.24, 2.45) is 5.41 Å². The van der Waals surface area contributed by atoms with Gasteiger partial charge in [0.2, 0.25) is 0 Å². The van der Waals surface area contributed by atoms with E-state index in [1.54, 1.807) is 17.8 Å². The molecule has 0 aliphatic rings. The molecule has 0 amide bonds. The van der Waals surface area contributed by atoms with Crippen molar-refractivity contribution in [1.82, 2.24) is 9.78 Å². The van der Waals surface area contributed by atoms with E-state index in [1.165, 1.54) is 0 Å². The van der Waals surface area contributed by atoms with Crippen LogP contribution in [-0.2, 0) is 22.5 Å². The third-order valence-corrected chi connectivity index (χ3v) is 2.67. The molecule has 0 saturated carbocycles. The van der Waals surface area contributed by atoms with Gasteiger partial charge in [-0.3, -0.25) is 4.68 Å². The van der Waals surface area contributed by atoms with E-state index in [4.69, 9.17) is 0 Å². The van der Waals surface area contributed by atoms with Gasteiger partial charge in [0.15, 0.2) is 0 Å². The summed E-state index contributed by atoms with van der Waals surface area (Å²) >= 11 is 0. The third kappa shape index (κ3) is 4.30. The summed E-state index contributed by atoms with van der Waals surface area (Å²) in [6, 6.07) is 0. The molecule has 1 rings (SSSR count). The average Bonchev–Trinajstić information content (AvgIpc) is 2.23. The second-order valence-corrected chi connectivity index (χ2v) is 6.55. The number of aromatic nitrogens is 2. The largest absolute Gasteiger partial charge is 0.306 e. The molecule has 0 aliphatic carbocycles. The Kier molecular flexibility index (Phi) is 3.42. The smallest absolute Gasteiger partial charge is 0.272 e. The first-order valence-corrected chi connectivity index (χ1v) is 6.57. The van der Waals surface area contributed by atoms with Crippen LogP contribution < -0.4 is 0 Å². The van der Waals surface area contributed by atoms with Crippen LogP contribution in [0.1, 0.15) is 32.0 Å². The minimum absolute atomic E-state index is 0.0460.